The van der Waals surface area contributed by atoms with Gasteiger partial charge in [-0.3, -0.25) is 4.79 Å². The smallest absolute Gasteiger partial charge is 0.175 e. The van der Waals surface area contributed by atoms with Gasteiger partial charge in [0, 0.05) is 18.2 Å². The van der Waals surface area contributed by atoms with Gasteiger partial charge in [0.2, 0.25) is 0 Å². The second-order valence-electron chi connectivity index (χ2n) is 3.21. The first-order valence-corrected chi connectivity index (χ1v) is 6.28. The summed E-state index contributed by atoms with van der Waals surface area (Å²) in [6.07, 6.45) is 2.92. The van der Waals surface area contributed by atoms with E-state index in [1.54, 1.807) is 0 Å². The molecule has 0 saturated carbocycles. The molecule has 80 valence electrons. The average molecular weight is 224 g/mol. The third-order valence-electron chi connectivity index (χ3n) is 1.93. The molecule has 0 saturated heterocycles. The van der Waals surface area contributed by atoms with Gasteiger partial charge < -0.3 is 0 Å². The number of rotatable bonds is 4. The first kappa shape index (κ1) is 11.7. The predicted octanol–water partition coefficient (Wildman–Crippen LogP) is 1.85. The molecule has 4 heteroatoms. The van der Waals surface area contributed by atoms with Crippen LogP contribution >= 0.6 is 0 Å². The lowest BCUT2D eigenvalue weighted by Crippen LogP contribution is -2.00. The Labute approximate surface area is 89.4 Å². The summed E-state index contributed by atoms with van der Waals surface area (Å²) in [6.45, 7) is 3.47. The van der Waals surface area contributed by atoms with Crippen LogP contribution in [0.4, 0.5) is 0 Å². The minimum absolute atomic E-state index is 0.0648. The number of ketones is 1. The Bertz CT molecular complexity index is 469. The highest BCUT2D eigenvalue weighted by Crippen LogP contribution is 2.11. The van der Waals surface area contributed by atoms with E-state index in [4.69, 9.17) is 0 Å². The molecule has 1 aromatic carbocycles. The quantitative estimate of drug-likeness (QED) is 0.579. The van der Waals surface area contributed by atoms with Gasteiger partial charge in [-0.25, -0.2) is 8.42 Å². The van der Waals surface area contributed by atoms with Crippen LogP contribution in [0.25, 0.3) is 0 Å². The Morgan fingerprint density at radius 2 is 1.87 bits per heavy atom. The lowest BCUT2D eigenvalue weighted by Gasteiger charge is -2.00. The van der Waals surface area contributed by atoms with Gasteiger partial charge in [-0.15, -0.1) is 6.58 Å². The molecule has 0 radical (unpaired) electrons. The van der Waals surface area contributed by atoms with Crippen molar-refractivity contribution in [2.75, 3.05) is 6.26 Å². The van der Waals surface area contributed by atoms with Crippen LogP contribution in [0, 0.1) is 0 Å². The molecule has 15 heavy (non-hydrogen) atoms. The van der Waals surface area contributed by atoms with Gasteiger partial charge in [-0.1, -0.05) is 18.2 Å². The zero-order chi connectivity index (χ0) is 11.5. The fraction of sp³-hybridized carbons (Fsp3) is 0.182. The first-order valence-electron chi connectivity index (χ1n) is 4.39. The van der Waals surface area contributed by atoms with E-state index in [-0.39, 0.29) is 17.1 Å². The Balaban J connectivity index is 3.00. The number of allylic oxidation sites excluding steroid dienone is 1. The van der Waals surface area contributed by atoms with Crippen LogP contribution < -0.4 is 0 Å². The molecule has 0 atom stereocenters. The molecule has 1 aromatic rings. The summed E-state index contributed by atoms with van der Waals surface area (Å²) in [4.78, 5) is 11.6. The summed E-state index contributed by atoms with van der Waals surface area (Å²) in [5.74, 6) is -0.0648. The summed E-state index contributed by atoms with van der Waals surface area (Å²) in [7, 11) is -3.19. The normalized spacial score (nSPS) is 11.0. The summed E-state index contributed by atoms with van der Waals surface area (Å²) in [5, 5.41) is 0. The molecular formula is C11H12O3S. The van der Waals surface area contributed by atoms with Gasteiger partial charge in [-0.2, -0.15) is 0 Å². The lowest BCUT2D eigenvalue weighted by molar-refractivity contribution is 0.0996. The highest BCUT2D eigenvalue weighted by Gasteiger charge is 2.08. The van der Waals surface area contributed by atoms with Crippen LogP contribution in [-0.2, 0) is 9.84 Å². The van der Waals surface area contributed by atoms with E-state index in [9.17, 15) is 13.2 Å². The zero-order valence-corrected chi connectivity index (χ0v) is 9.25. The zero-order valence-electron chi connectivity index (χ0n) is 8.43. The number of Topliss-reactive ketones (excluding diaryl/α,β-unsaturated/α-hetero) is 1. The van der Waals surface area contributed by atoms with Crippen molar-refractivity contribution in [3.63, 3.8) is 0 Å². The minimum Gasteiger partial charge on any atom is -0.294 e. The maximum atomic E-state index is 11.4. The van der Waals surface area contributed by atoms with Crippen LogP contribution in [0.2, 0.25) is 0 Å². The molecular weight excluding hydrogens is 212 g/mol. The fourth-order valence-electron chi connectivity index (χ4n) is 1.14. The molecule has 3 nitrogen and oxygen atoms in total. The van der Waals surface area contributed by atoms with Crippen LogP contribution in [0.5, 0.6) is 0 Å². The SMILES string of the molecule is C=CCC(=O)c1ccc(S(C)(=O)=O)cc1. The third-order valence-corrected chi connectivity index (χ3v) is 3.06. The first-order chi connectivity index (χ1) is 6.95. The monoisotopic (exact) mass is 224 g/mol. The Morgan fingerprint density at radius 3 is 2.27 bits per heavy atom. The van der Waals surface area contributed by atoms with Crippen LogP contribution in [0.15, 0.2) is 41.8 Å². The number of carbonyl (C=O) groups excluding carboxylic acids is 1. The van der Waals surface area contributed by atoms with Crippen LogP contribution in [-0.4, -0.2) is 20.5 Å². The van der Waals surface area contributed by atoms with Gasteiger partial charge >= 0.3 is 0 Å². The second-order valence-corrected chi connectivity index (χ2v) is 5.23. The molecule has 1 rings (SSSR count). The highest BCUT2D eigenvalue weighted by molar-refractivity contribution is 7.90. The van der Waals surface area contributed by atoms with Gasteiger partial charge in [-0.05, 0) is 12.1 Å². The number of carbonyl (C=O) groups is 1. The van der Waals surface area contributed by atoms with E-state index in [2.05, 4.69) is 6.58 Å². The molecule has 0 heterocycles. The molecule has 0 spiro atoms. The van der Waals surface area contributed by atoms with Crippen molar-refractivity contribution < 1.29 is 13.2 Å². The van der Waals surface area contributed by atoms with Crippen molar-refractivity contribution in [1.82, 2.24) is 0 Å². The molecule has 0 bridgehead atoms. The van der Waals surface area contributed by atoms with Crippen LogP contribution in [0.3, 0.4) is 0 Å². The molecule has 0 aromatic heterocycles. The van der Waals surface area contributed by atoms with E-state index in [1.165, 1.54) is 30.3 Å². The van der Waals surface area contributed by atoms with E-state index >= 15 is 0 Å². The molecule has 0 aliphatic carbocycles. The molecule has 0 aliphatic rings. The van der Waals surface area contributed by atoms with Crippen molar-refractivity contribution in [2.24, 2.45) is 0 Å². The summed E-state index contributed by atoms with van der Waals surface area (Å²) < 4.78 is 22.3. The standard InChI is InChI=1S/C11H12O3S/c1-3-4-11(12)9-5-7-10(8-6-9)15(2,13)14/h3,5-8H,1,4H2,2H3. The van der Waals surface area contributed by atoms with Gasteiger partial charge in [0.05, 0.1) is 4.90 Å². The summed E-state index contributed by atoms with van der Waals surface area (Å²) in [5.41, 5.74) is 0.502. The fourth-order valence-corrected chi connectivity index (χ4v) is 1.77. The Kier molecular flexibility index (Phi) is 3.42. The van der Waals surface area contributed by atoms with Crippen molar-refractivity contribution in [1.29, 1.82) is 0 Å². The Hall–Kier alpha value is -1.42. The number of benzene rings is 1. The number of hydrogen-bond donors (Lipinski definition) is 0. The molecule has 0 unspecified atom stereocenters. The minimum atomic E-state index is -3.19. The summed E-state index contributed by atoms with van der Waals surface area (Å²) >= 11 is 0. The lowest BCUT2D eigenvalue weighted by atomic mass is 10.1. The molecule has 0 N–H and O–H groups in total. The van der Waals surface area contributed by atoms with E-state index in [0.29, 0.717) is 5.56 Å². The maximum Gasteiger partial charge on any atom is 0.175 e. The van der Waals surface area contributed by atoms with Crippen LogP contribution in [0.1, 0.15) is 16.8 Å². The molecule has 0 aliphatic heterocycles. The summed E-state index contributed by atoms with van der Waals surface area (Å²) in [6, 6.07) is 5.90. The van der Waals surface area contributed by atoms with E-state index in [0.717, 1.165) is 6.26 Å². The van der Waals surface area contributed by atoms with Crippen molar-refractivity contribution in [3.8, 4) is 0 Å². The van der Waals surface area contributed by atoms with Gasteiger partial charge in [0.15, 0.2) is 15.6 Å². The van der Waals surface area contributed by atoms with Crippen molar-refractivity contribution in [3.05, 3.63) is 42.5 Å². The van der Waals surface area contributed by atoms with E-state index < -0.39 is 9.84 Å². The third kappa shape index (κ3) is 3.02. The van der Waals surface area contributed by atoms with E-state index in [1.807, 2.05) is 0 Å². The average Bonchev–Trinajstić information content (AvgIpc) is 2.17. The molecule has 0 amide bonds. The van der Waals surface area contributed by atoms with Crippen molar-refractivity contribution >= 4 is 15.6 Å². The number of hydrogen-bond acceptors (Lipinski definition) is 3. The highest BCUT2D eigenvalue weighted by atomic mass is 32.2. The van der Waals surface area contributed by atoms with Crippen molar-refractivity contribution in [2.45, 2.75) is 11.3 Å². The Morgan fingerprint density at radius 1 is 1.33 bits per heavy atom. The largest absolute Gasteiger partial charge is 0.294 e. The number of sulfone groups is 1. The topological polar surface area (TPSA) is 51.2 Å². The van der Waals surface area contributed by atoms with Gasteiger partial charge in [0.25, 0.3) is 0 Å². The second kappa shape index (κ2) is 4.40. The van der Waals surface area contributed by atoms with Gasteiger partial charge in [0.1, 0.15) is 0 Å². The predicted molar refractivity (Wildman–Crippen MR) is 58.7 cm³/mol. The molecule has 0 fully saturated rings. The maximum absolute atomic E-state index is 11.4.